The largest absolute Gasteiger partial charge is 0.365 e. The number of carbonyl (C=O) groups is 3. The van der Waals surface area contributed by atoms with E-state index in [1.54, 1.807) is 24.3 Å². The number of hydrogen-bond acceptors (Lipinski definition) is 7. The highest BCUT2D eigenvalue weighted by Crippen LogP contribution is 2.33. The third-order valence-corrected chi connectivity index (χ3v) is 7.64. The molecular weight excluding hydrogens is 532 g/mol. The Morgan fingerprint density at radius 1 is 1.09 bits per heavy atom. The molecule has 1 fully saturated rings. The Balaban J connectivity index is 1.30. The van der Waals surface area contributed by atoms with Crippen molar-refractivity contribution in [3.05, 3.63) is 51.1 Å². The average Bonchev–Trinajstić information content (AvgIpc) is 3.29. The molecule has 4 N–H and O–H groups in total. The molecule has 1 aliphatic heterocycles. The minimum absolute atomic E-state index is 0.194. The Hall–Kier alpha value is -3.05. The fourth-order valence-electron chi connectivity index (χ4n) is 4.23. The minimum Gasteiger partial charge on any atom is -0.365 e. The summed E-state index contributed by atoms with van der Waals surface area (Å²) >= 11 is 4.71. The lowest BCUT2D eigenvalue weighted by molar-refractivity contribution is 0.0949. The van der Waals surface area contributed by atoms with Crippen LogP contribution < -0.4 is 21.3 Å². The smallest absolute Gasteiger partial charge is 0.258 e. The van der Waals surface area contributed by atoms with Gasteiger partial charge in [0, 0.05) is 41.8 Å². The van der Waals surface area contributed by atoms with Crippen LogP contribution in [-0.4, -0.2) is 53.9 Å². The summed E-state index contributed by atoms with van der Waals surface area (Å²) in [5, 5.41) is 5.73. The second-order valence-electron chi connectivity index (χ2n) is 8.45. The van der Waals surface area contributed by atoms with E-state index < -0.39 is 5.91 Å². The number of aromatic nitrogens is 2. The van der Waals surface area contributed by atoms with Gasteiger partial charge in [-0.25, -0.2) is 9.97 Å². The maximum absolute atomic E-state index is 12.7. The molecule has 3 amide bonds. The fraction of sp³-hybridized carbons (Fsp3) is 0.375. The average molecular weight is 559 g/mol. The summed E-state index contributed by atoms with van der Waals surface area (Å²) in [5.41, 5.74) is 7.07. The van der Waals surface area contributed by atoms with Crippen molar-refractivity contribution in [2.24, 2.45) is 11.7 Å². The molecule has 3 aromatic rings. The van der Waals surface area contributed by atoms with Crippen molar-refractivity contribution in [3.63, 3.8) is 0 Å². The number of nitrogens with zero attached hydrogens (tertiary/aromatic N) is 3. The number of benzene rings is 1. The van der Waals surface area contributed by atoms with Crippen molar-refractivity contribution in [2.45, 2.75) is 26.2 Å². The van der Waals surface area contributed by atoms with Crippen LogP contribution >= 0.6 is 27.3 Å². The number of halogens is 1. The number of hydrogen-bond donors (Lipinski definition) is 3. The van der Waals surface area contributed by atoms with Crippen LogP contribution in [0.15, 0.2) is 35.1 Å². The van der Waals surface area contributed by atoms with Crippen LogP contribution in [0.5, 0.6) is 0 Å². The van der Waals surface area contributed by atoms with Crippen LogP contribution in [-0.2, 0) is 0 Å². The van der Waals surface area contributed by atoms with E-state index >= 15 is 0 Å². The summed E-state index contributed by atoms with van der Waals surface area (Å²) < 4.78 is 1.57. The highest BCUT2D eigenvalue weighted by Gasteiger charge is 2.23. The molecule has 3 heterocycles. The monoisotopic (exact) mass is 558 g/mol. The number of nitrogens with one attached hydrogen (secondary N) is 2. The lowest BCUT2D eigenvalue weighted by atomic mass is 9.93. The second kappa shape index (κ2) is 11.1. The van der Waals surface area contributed by atoms with Crippen LogP contribution in [0.3, 0.4) is 0 Å². The molecule has 35 heavy (non-hydrogen) atoms. The van der Waals surface area contributed by atoms with Gasteiger partial charge in [0.15, 0.2) is 0 Å². The first-order chi connectivity index (χ1) is 16.9. The van der Waals surface area contributed by atoms with Gasteiger partial charge in [-0.2, -0.15) is 0 Å². The van der Waals surface area contributed by atoms with Gasteiger partial charge in [0.25, 0.3) is 17.7 Å². The van der Waals surface area contributed by atoms with Crippen LogP contribution in [0.2, 0.25) is 0 Å². The molecule has 1 aliphatic rings. The van der Waals surface area contributed by atoms with Crippen molar-refractivity contribution in [2.75, 3.05) is 31.1 Å². The van der Waals surface area contributed by atoms with Gasteiger partial charge >= 0.3 is 0 Å². The third-order valence-electron chi connectivity index (χ3n) is 6.05. The van der Waals surface area contributed by atoms with E-state index in [-0.39, 0.29) is 11.8 Å². The number of fused-ring (bicyclic) bond motifs is 1. The first kappa shape index (κ1) is 25.1. The molecule has 184 valence electrons. The van der Waals surface area contributed by atoms with Gasteiger partial charge in [-0.3, -0.25) is 14.4 Å². The topological polar surface area (TPSA) is 130 Å². The molecule has 4 rings (SSSR count). The molecule has 9 nitrogen and oxygen atoms in total. The van der Waals surface area contributed by atoms with Gasteiger partial charge in [-0.15, -0.1) is 11.3 Å². The Morgan fingerprint density at radius 2 is 1.77 bits per heavy atom. The third kappa shape index (κ3) is 5.96. The summed E-state index contributed by atoms with van der Waals surface area (Å²) in [5.74, 6) is 0.478. The highest BCUT2D eigenvalue weighted by molar-refractivity contribution is 9.10. The molecule has 11 heteroatoms. The molecule has 0 aliphatic carbocycles. The number of amides is 3. The van der Waals surface area contributed by atoms with Crippen molar-refractivity contribution >= 4 is 61.0 Å². The quantitative estimate of drug-likeness (QED) is 0.388. The Bertz CT molecular complexity index is 1260. The van der Waals surface area contributed by atoms with Gasteiger partial charge < -0.3 is 21.3 Å². The molecule has 0 saturated carbocycles. The maximum atomic E-state index is 12.7. The number of carbonyl (C=O) groups excluding carboxylic acids is 3. The van der Waals surface area contributed by atoms with E-state index in [0.717, 1.165) is 48.4 Å². The second-order valence-corrected chi connectivity index (χ2v) is 10.4. The number of primary amides is 1. The first-order valence-electron chi connectivity index (χ1n) is 11.5. The zero-order valence-corrected chi connectivity index (χ0v) is 21.7. The lowest BCUT2D eigenvalue weighted by Crippen LogP contribution is -2.35. The van der Waals surface area contributed by atoms with Crippen molar-refractivity contribution in [1.29, 1.82) is 0 Å². The van der Waals surface area contributed by atoms with Crippen LogP contribution in [0.25, 0.3) is 10.2 Å². The van der Waals surface area contributed by atoms with E-state index in [4.69, 9.17) is 5.73 Å². The van der Waals surface area contributed by atoms with Crippen molar-refractivity contribution in [3.8, 4) is 0 Å². The molecule has 0 spiro atoms. The standard InChI is InChI=1S/C24H27BrN6O3S/c1-2-27-23(33)15-9-16(11-17(25)10-15)24(34)28-6-3-14-4-7-31(8-5-14)22-20-18(29-13-30-22)12-19(35-20)21(26)32/h9-14H,2-8H2,1H3,(H2,26,32)(H,27,33)(H,28,34). The fourth-order valence-corrected chi connectivity index (χ4v) is 5.70. The summed E-state index contributed by atoms with van der Waals surface area (Å²) in [6.45, 7) is 4.63. The molecule has 0 radical (unpaired) electrons. The van der Waals surface area contributed by atoms with E-state index in [2.05, 4.69) is 41.4 Å². The van der Waals surface area contributed by atoms with Crippen molar-refractivity contribution < 1.29 is 14.4 Å². The van der Waals surface area contributed by atoms with Crippen molar-refractivity contribution in [1.82, 2.24) is 20.6 Å². The number of rotatable bonds is 8. The molecule has 2 aromatic heterocycles. The number of nitrogens with two attached hydrogens (primary N) is 1. The first-order valence-corrected chi connectivity index (χ1v) is 13.1. The van der Waals surface area contributed by atoms with Gasteiger partial charge in [-0.05, 0) is 56.4 Å². The Morgan fingerprint density at radius 3 is 2.43 bits per heavy atom. The van der Waals surface area contributed by atoms with Crippen LogP contribution in [0.4, 0.5) is 5.82 Å². The molecule has 0 atom stereocenters. The SMILES string of the molecule is CCNC(=O)c1cc(Br)cc(C(=O)NCCC2CCN(c3ncnc4cc(C(N)=O)sc34)CC2)c1. The molecule has 1 aromatic carbocycles. The minimum atomic E-state index is -0.456. The van der Waals surface area contributed by atoms with E-state index in [1.807, 2.05) is 6.92 Å². The summed E-state index contributed by atoms with van der Waals surface area (Å²) in [6.07, 6.45) is 4.36. The van der Waals surface area contributed by atoms with E-state index in [9.17, 15) is 14.4 Å². The predicted octanol–water partition coefficient (Wildman–Crippen LogP) is 3.34. The summed E-state index contributed by atoms with van der Waals surface area (Å²) in [4.78, 5) is 47.8. The maximum Gasteiger partial charge on any atom is 0.258 e. The van der Waals surface area contributed by atoms with Crippen LogP contribution in [0, 0.1) is 5.92 Å². The van der Waals surface area contributed by atoms with Crippen LogP contribution in [0.1, 0.15) is 56.6 Å². The lowest BCUT2D eigenvalue weighted by Gasteiger charge is -2.33. The van der Waals surface area contributed by atoms with Gasteiger partial charge in [0.05, 0.1) is 15.1 Å². The molecular formula is C24H27BrN6O3S. The highest BCUT2D eigenvalue weighted by atomic mass is 79.9. The Kier molecular flexibility index (Phi) is 7.97. The van der Waals surface area contributed by atoms with Gasteiger partial charge in [-0.1, -0.05) is 15.9 Å². The molecule has 0 bridgehead atoms. The van der Waals surface area contributed by atoms with Gasteiger partial charge in [0.2, 0.25) is 0 Å². The normalized spacial score (nSPS) is 14.2. The summed E-state index contributed by atoms with van der Waals surface area (Å²) in [6, 6.07) is 6.74. The van der Waals surface area contributed by atoms with E-state index in [0.29, 0.717) is 39.5 Å². The Labute approximate surface area is 215 Å². The number of piperidine rings is 1. The zero-order chi connectivity index (χ0) is 24.9. The predicted molar refractivity (Wildman–Crippen MR) is 140 cm³/mol. The summed E-state index contributed by atoms with van der Waals surface area (Å²) in [7, 11) is 0. The number of thiophene rings is 1. The molecule has 1 saturated heterocycles. The van der Waals surface area contributed by atoms with Gasteiger partial charge in [0.1, 0.15) is 12.1 Å². The molecule has 0 unspecified atom stereocenters. The number of anilines is 1. The van der Waals surface area contributed by atoms with E-state index in [1.165, 1.54) is 17.7 Å². The zero-order valence-electron chi connectivity index (χ0n) is 19.3.